The Kier molecular flexibility index (Phi) is 13.5. The number of aliphatic carboxylic acids is 1. The van der Waals surface area contributed by atoms with E-state index in [1.807, 2.05) is 79.4 Å². The highest BCUT2D eigenvalue weighted by Crippen LogP contribution is 2.30. The maximum atomic E-state index is 12.4. The number of fused-ring (bicyclic) bond motifs is 2. The Bertz CT molecular complexity index is 2340. The van der Waals surface area contributed by atoms with Gasteiger partial charge in [0.15, 0.2) is 0 Å². The molecule has 6 rings (SSSR count). The average molecular weight is 854 g/mol. The first-order valence-electron chi connectivity index (χ1n) is 18.6. The van der Waals surface area contributed by atoms with Crippen molar-refractivity contribution in [1.29, 1.82) is 0 Å². The van der Waals surface area contributed by atoms with Gasteiger partial charge in [-0.25, -0.2) is 19.6 Å². The summed E-state index contributed by atoms with van der Waals surface area (Å²) in [6, 6.07) is 22.0. The molecule has 2 bridgehead atoms. The topological polar surface area (TPSA) is 179 Å². The number of aryl methyl sites for hydroxylation is 2. The number of rotatable bonds is 12. The van der Waals surface area contributed by atoms with E-state index in [9.17, 15) is 29.7 Å². The molecule has 0 amide bonds. The predicted molar refractivity (Wildman–Crippen MR) is 220 cm³/mol. The van der Waals surface area contributed by atoms with Crippen molar-refractivity contribution in [3.05, 3.63) is 123 Å². The number of aromatic nitrogens is 3. The monoisotopic (exact) mass is 852 g/mol. The van der Waals surface area contributed by atoms with E-state index in [0.717, 1.165) is 32.4 Å². The van der Waals surface area contributed by atoms with Crippen LogP contribution in [0.15, 0.2) is 77.3 Å². The smallest absolute Gasteiger partial charge is 0.354 e. The average Bonchev–Trinajstić information content (AvgIpc) is 3.17. The molecule has 0 atom stereocenters. The molecule has 3 aromatic heterocycles. The van der Waals surface area contributed by atoms with E-state index in [4.69, 9.17) is 14.5 Å². The third-order valence-corrected chi connectivity index (χ3v) is 10.4. The van der Waals surface area contributed by atoms with E-state index in [1.165, 1.54) is 0 Å². The summed E-state index contributed by atoms with van der Waals surface area (Å²) < 4.78 is 11.6. The molecule has 302 valence electrons. The highest BCUT2D eigenvalue weighted by Gasteiger charge is 2.22. The molecule has 58 heavy (non-hydrogen) atoms. The van der Waals surface area contributed by atoms with E-state index >= 15 is 0 Å². The van der Waals surface area contributed by atoms with Crippen LogP contribution in [0.5, 0.6) is 11.5 Å². The molecular formula is C43H45BrN6O8. The first-order chi connectivity index (χ1) is 27.8. The van der Waals surface area contributed by atoms with Crippen molar-refractivity contribution < 1.29 is 39.2 Å². The van der Waals surface area contributed by atoms with Crippen LogP contribution in [-0.2, 0) is 31.0 Å². The Morgan fingerprint density at radius 2 is 1.07 bits per heavy atom. The summed E-state index contributed by atoms with van der Waals surface area (Å²) >= 11 is 3.62. The molecule has 0 radical (unpaired) electrons. The molecule has 0 saturated carbocycles. The van der Waals surface area contributed by atoms with Crippen LogP contribution in [0.25, 0.3) is 22.3 Å². The third-order valence-electron chi connectivity index (χ3n) is 9.95. The number of pyridine rings is 3. The quantitative estimate of drug-likeness (QED) is 0.126. The number of carbonyl (C=O) groups is 3. The predicted octanol–water partition coefficient (Wildman–Crippen LogP) is 6.40. The number of carboxylic acids is 3. The maximum Gasteiger partial charge on any atom is 0.354 e. The van der Waals surface area contributed by atoms with Crippen molar-refractivity contribution in [3.8, 4) is 33.8 Å². The lowest BCUT2D eigenvalue weighted by molar-refractivity contribution is -0.138. The normalized spacial score (nSPS) is 14.3. The second-order valence-electron chi connectivity index (χ2n) is 14.3. The van der Waals surface area contributed by atoms with E-state index in [1.54, 1.807) is 26.4 Å². The Hall–Kier alpha value is -5.74. The molecule has 14 nitrogen and oxygen atoms in total. The number of carboxylic acid groups (broad SMARTS) is 3. The number of hydrogen-bond donors (Lipinski definition) is 3. The molecule has 2 aromatic carbocycles. The lowest BCUT2D eigenvalue weighted by atomic mass is 9.99. The summed E-state index contributed by atoms with van der Waals surface area (Å²) in [7, 11) is 3.19. The Morgan fingerprint density at radius 3 is 1.52 bits per heavy atom. The minimum atomic E-state index is -1.15. The van der Waals surface area contributed by atoms with Gasteiger partial charge in [0.25, 0.3) is 0 Å². The summed E-state index contributed by atoms with van der Waals surface area (Å²) in [4.78, 5) is 56.8. The molecule has 0 saturated heterocycles. The van der Waals surface area contributed by atoms with Gasteiger partial charge in [-0.1, -0.05) is 28.1 Å². The SMILES string of the molecule is COc1ccc(-c2cc(CN3CCN(CC(=O)O)Cc4cc(Br)cc(n4)CN(Cc4cc(-c5ccc(OC)cc5C)cc(C(=O)O)n4)CC3)nc(C(=O)O)c2)c(C)c1. The fraction of sp³-hybridized carbons (Fsp3) is 0.302. The van der Waals surface area contributed by atoms with E-state index < -0.39 is 17.9 Å². The Labute approximate surface area is 344 Å². The zero-order chi connectivity index (χ0) is 41.5. The van der Waals surface area contributed by atoms with Gasteiger partial charge in [0.2, 0.25) is 0 Å². The molecule has 0 aliphatic carbocycles. The van der Waals surface area contributed by atoms with Crippen molar-refractivity contribution in [1.82, 2.24) is 29.7 Å². The molecule has 15 heteroatoms. The Morgan fingerprint density at radius 1 is 0.621 bits per heavy atom. The van der Waals surface area contributed by atoms with Gasteiger partial charge in [-0.15, -0.1) is 0 Å². The van der Waals surface area contributed by atoms with Gasteiger partial charge in [-0.05, 0) is 108 Å². The molecule has 1 aliphatic heterocycles. The molecule has 0 fully saturated rings. The lowest BCUT2D eigenvalue weighted by Crippen LogP contribution is -2.41. The van der Waals surface area contributed by atoms with Gasteiger partial charge >= 0.3 is 17.9 Å². The van der Waals surface area contributed by atoms with Crippen molar-refractivity contribution >= 4 is 33.8 Å². The summed E-state index contributed by atoms with van der Waals surface area (Å²) in [5.41, 5.74) is 7.31. The first-order valence-corrected chi connectivity index (χ1v) is 19.4. The van der Waals surface area contributed by atoms with Gasteiger partial charge < -0.3 is 24.8 Å². The summed E-state index contributed by atoms with van der Waals surface area (Å²) in [5, 5.41) is 30.0. The standard InChI is InChI=1S/C43H45BrN6O8/c1-26-13-35(57-3)5-7-37(26)28-15-31(46-39(17-28)42(53)54)21-48-9-11-49(23-33-19-30(44)20-34(45-33)24-50(12-10-48)25-41(51)52)22-32-16-29(18-40(47-32)43(55)56)38-8-6-36(58-4)14-27(38)2/h5-8,13-20H,9-12,21-25H2,1-4H3,(H,51,52)(H,53,54)(H,55,56). The van der Waals surface area contributed by atoms with Crippen LogP contribution in [0.2, 0.25) is 0 Å². The molecule has 4 heterocycles. The Balaban J connectivity index is 1.37. The molecule has 5 aromatic rings. The van der Waals surface area contributed by atoms with Gasteiger partial charge in [0, 0.05) is 56.8 Å². The zero-order valence-corrected chi connectivity index (χ0v) is 34.3. The summed E-state index contributed by atoms with van der Waals surface area (Å²) in [6.07, 6.45) is 0. The minimum absolute atomic E-state index is 0.0765. The number of nitrogens with zero attached hydrogens (tertiary/aromatic N) is 6. The van der Waals surface area contributed by atoms with E-state index in [2.05, 4.69) is 35.7 Å². The fourth-order valence-corrected chi connectivity index (χ4v) is 7.71. The second kappa shape index (κ2) is 18.7. The van der Waals surface area contributed by atoms with Crippen molar-refractivity contribution in [3.63, 3.8) is 0 Å². The van der Waals surface area contributed by atoms with Crippen LogP contribution in [0.1, 0.15) is 54.9 Å². The van der Waals surface area contributed by atoms with Crippen LogP contribution in [0.3, 0.4) is 0 Å². The number of hydrogen-bond acceptors (Lipinski definition) is 11. The van der Waals surface area contributed by atoms with E-state index in [0.29, 0.717) is 79.0 Å². The van der Waals surface area contributed by atoms with Gasteiger partial charge in [-0.3, -0.25) is 24.5 Å². The zero-order valence-electron chi connectivity index (χ0n) is 32.7. The number of aromatic carboxylic acids is 2. The molecular weight excluding hydrogens is 808 g/mol. The minimum Gasteiger partial charge on any atom is -0.497 e. The number of ether oxygens (including phenoxy) is 2. The van der Waals surface area contributed by atoms with Crippen molar-refractivity contribution in [2.75, 3.05) is 46.9 Å². The molecule has 0 spiro atoms. The number of methoxy groups -OCH3 is 2. The van der Waals surface area contributed by atoms with Crippen molar-refractivity contribution in [2.24, 2.45) is 0 Å². The third kappa shape index (κ3) is 10.8. The molecule has 3 N–H and O–H groups in total. The summed E-state index contributed by atoms with van der Waals surface area (Å²) in [6.45, 7) is 6.68. The largest absolute Gasteiger partial charge is 0.497 e. The lowest BCUT2D eigenvalue weighted by Gasteiger charge is -2.31. The van der Waals surface area contributed by atoms with Gasteiger partial charge in [-0.2, -0.15) is 0 Å². The van der Waals surface area contributed by atoms with Gasteiger partial charge in [0.1, 0.15) is 22.9 Å². The molecule has 1 aliphatic rings. The highest BCUT2D eigenvalue weighted by atomic mass is 79.9. The first kappa shape index (κ1) is 41.9. The van der Waals surface area contributed by atoms with Crippen LogP contribution in [0.4, 0.5) is 0 Å². The second-order valence-corrected chi connectivity index (χ2v) is 15.2. The number of benzene rings is 2. The summed E-state index contributed by atoms with van der Waals surface area (Å²) in [5.74, 6) is -1.87. The molecule has 0 unspecified atom stereocenters. The number of halogens is 1. The van der Waals surface area contributed by atoms with Crippen LogP contribution in [0, 0.1) is 13.8 Å². The van der Waals surface area contributed by atoms with Crippen molar-refractivity contribution in [2.45, 2.75) is 40.0 Å². The highest BCUT2D eigenvalue weighted by molar-refractivity contribution is 9.10. The van der Waals surface area contributed by atoms with E-state index in [-0.39, 0.29) is 31.0 Å². The fourth-order valence-electron chi connectivity index (χ4n) is 7.18. The van der Waals surface area contributed by atoms with Gasteiger partial charge in [0.05, 0.1) is 43.5 Å². The van der Waals surface area contributed by atoms with Crippen LogP contribution in [-0.4, -0.2) is 110 Å². The van der Waals surface area contributed by atoms with Crippen LogP contribution < -0.4 is 9.47 Å². The van der Waals surface area contributed by atoms with Crippen LogP contribution >= 0.6 is 15.9 Å². The maximum absolute atomic E-state index is 12.4.